The van der Waals surface area contributed by atoms with Crippen molar-refractivity contribution in [1.82, 2.24) is 8.61 Å². The Hall–Kier alpha value is -0.730. The van der Waals surface area contributed by atoms with Gasteiger partial charge < -0.3 is 5.73 Å². The molecule has 5 nitrogen and oxygen atoms in total. The average Bonchev–Trinajstić information content (AvgIpc) is 2.81. The second kappa shape index (κ2) is 5.95. The fourth-order valence-electron chi connectivity index (χ4n) is 2.15. The zero-order valence-electron chi connectivity index (χ0n) is 11.1. The third-order valence-electron chi connectivity index (χ3n) is 3.35. The van der Waals surface area contributed by atoms with E-state index in [1.807, 2.05) is 0 Å². The molecule has 0 amide bonds. The third-order valence-corrected chi connectivity index (χ3v) is 5.61. The molecular weight excluding hydrogens is 305 g/mol. The van der Waals surface area contributed by atoms with Crippen molar-refractivity contribution in [3.05, 3.63) is 34.6 Å². The van der Waals surface area contributed by atoms with Crippen LogP contribution in [-0.2, 0) is 16.8 Å². The first-order valence-corrected chi connectivity index (χ1v) is 7.99. The lowest BCUT2D eigenvalue weighted by Gasteiger charge is -2.24. The first-order valence-electron chi connectivity index (χ1n) is 6.22. The molecule has 1 aromatic carbocycles. The fourth-order valence-corrected chi connectivity index (χ4v) is 3.77. The van der Waals surface area contributed by atoms with Crippen molar-refractivity contribution in [1.29, 1.82) is 0 Å². The van der Waals surface area contributed by atoms with E-state index in [0.29, 0.717) is 13.0 Å². The minimum atomic E-state index is -3.64. The zero-order chi connectivity index (χ0) is 14.9. The molecule has 1 aliphatic heterocycles. The van der Waals surface area contributed by atoms with E-state index in [9.17, 15) is 12.8 Å². The van der Waals surface area contributed by atoms with E-state index < -0.39 is 16.0 Å². The third kappa shape index (κ3) is 3.12. The van der Waals surface area contributed by atoms with Gasteiger partial charge in [-0.3, -0.25) is 0 Å². The molecule has 0 unspecified atom stereocenters. The molecule has 0 bridgehead atoms. The van der Waals surface area contributed by atoms with Gasteiger partial charge in [-0.05, 0) is 18.6 Å². The molecule has 112 valence electrons. The molecule has 0 aromatic heterocycles. The maximum atomic E-state index is 13.7. The van der Waals surface area contributed by atoms with Crippen LogP contribution in [0.5, 0.6) is 0 Å². The number of halogens is 2. The van der Waals surface area contributed by atoms with Crippen molar-refractivity contribution in [2.75, 3.05) is 20.1 Å². The summed E-state index contributed by atoms with van der Waals surface area (Å²) in [4.78, 5) is 0. The van der Waals surface area contributed by atoms with E-state index in [4.69, 9.17) is 17.3 Å². The molecule has 0 spiro atoms. The molecular formula is C12H17ClFN3O2S. The molecule has 2 N–H and O–H groups in total. The number of benzene rings is 1. The Labute approximate surface area is 123 Å². The molecule has 1 aliphatic rings. The van der Waals surface area contributed by atoms with Crippen LogP contribution >= 0.6 is 11.6 Å². The second-order valence-electron chi connectivity index (χ2n) is 4.87. The van der Waals surface area contributed by atoms with Crippen molar-refractivity contribution < 1.29 is 12.8 Å². The van der Waals surface area contributed by atoms with Crippen molar-refractivity contribution in [2.45, 2.75) is 19.0 Å². The lowest BCUT2D eigenvalue weighted by Crippen LogP contribution is -2.41. The van der Waals surface area contributed by atoms with Crippen LogP contribution in [0.15, 0.2) is 18.2 Å². The summed E-state index contributed by atoms with van der Waals surface area (Å²) >= 11 is 5.91. The maximum absolute atomic E-state index is 13.7. The highest BCUT2D eigenvalue weighted by molar-refractivity contribution is 7.86. The molecule has 0 aliphatic carbocycles. The quantitative estimate of drug-likeness (QED) is 0.906. The molecule has 0 radical (unpaired) electrons. The molecule has 0 saturated carbocycles. The first-order chi connectivity index (χ1) is 9.32. The molecule has 1 heterocycles. The molecule has 1 saturated heterocycles. The summed E-state index contributed by atoms with van der Waals surface area (Å²) in [7, 11) is -2.24. The summed E-state index contributed by atoms with van der Waals surface area (Å²) in [6, 6.07) is 4.13. The van der Waals surface area contributed by atoms with Gasteiger partial charge in [0, 0.05) is 43.3 Å². The summed E-state index contributed by atoms with van der Waals surface area (Å²) in [6.45, 7) is 0.566. The largest absolute Gasteiger partial charge is 0.326 e. The lowest BCUT2D eigenvalue weighted by molar-refractivity contribution is 0.386. The van der Waals surface area contributed by atoms with E-state index >= 15 is 0 Å². The van der Waals surface area contributed by atoms with E-state index in [1.165, 1.54) is 29.6 Å². The molecule has 8 heteroatoms. The van der Waals surface area contributed by atoms with Crippen LogP contribution in [0.3, 0.4) is 0 Å². The highest BCUT2D eigenvalue weighted by atomic mass is 35.5. The van der Waals surface area contributed by atoms with Gasteiger partial charge in [0.15, 0.2) is 0 Å². The minimum Gasteiger partial charge on any atom is -0.326 e. The number of rotatable bonds is 4. The van der Waals surface area contributed by atoms with E-state index in [1.54, 1.807) is 0 Å². The Kier molecular flexibility index (Phi) is 4.66. The summed E-state index contributed by atoms with van der Waals surface area (Å²) in [6.07, 6.45) is 0.632. The van der Waals surface area contributed by atoms with Gasteiger partial charge in [-0.1, -0.05) is 17.7 Å². The van der Waals surface area contributed by atoms with Crippen LogP contribution in [0.2, 0.25) is 5.02 Å². The topological polar surface area (TPSA) is 66.6 Å². The SMILES string of the molecule is CN(Cc1c(F)cccc1Cl)S(=O)(=O)N1CC[C@H](N)C1. The average molecular weight is 322 g/mol. The van der Waals surface area contributed by atoms with Crippen molar-refractivity contribution in [3.63, 3.8) is 0 Å². The summed E-state index contributed by atoms with van der Waals surface area (Å²) < 4.78 is 40.8. The van der Waals surface area contributed by atoms with Gasteiger partial charge in [0.05, 0.1) is 0 Å². The highest BCUT2D eigenvalue weighted by Crippen LogP contribution is 2.23. The Morgan fingerprint density at radius 2 is 2.25 bits per heavy atom. The monoisotopic (exact) mass is 321 g/mol. The number of hydrogen-bond acceptors (Lipinski definition) is 3. The standard InChI is InChI=1S/C12H17ClFN3O2S/c1-16(8-10-11(13)3-2-4-12(10)14)20(18,19)17-6-5-9(15)7-17/h2-4,9H,5-8,15H2,1H3/t9-/m0/s1. The summed E-state index contributed by atoms with van der Waals surface area (Å²) in [5.74, 6) is -0.516. The fraction of sp³-hybridized carbons (Fsp3) is 0.500. The minimum absolute atomic E-state index is 0.112. The zero-order valence-corrected chi connectivity index (χ0v) is 12.7. The number of nitrogens with two attached hydrogens (primary N) is 1. The van der Waals surface area contributed by atoms with Crippen LogP contribution < -0.4 is 5.73 Å². The first kappa shape index (κ1) is 15.7. The van der Waals surface area contributed by atoms with Gasteiger partial charge in [-0.15, -0.1) is 0 Å². The van der Waals surface area contributed by atoms with Crippen LogP contribution in [0.1, 0.15) is 12.0 Å². The predicted octanol–water partition coefficient (Wildman–Crippen LogP) is 1.19. The van der Waals surface area contributed by atoms with Crippen LogP contribution in [0.25, 0.3) is 0 Å². The Morgan fingerprint density at radius 3 is 2.80 bits per heavy atom. The molecule has 1 atom stereocenters. The Morgan fingerprint density at radius 1 is 1.55 bits per heavy atom. The van der Waals surface area contributed by atoms with Crippen molar-refractivity contribution >= 4 is 21.8 Å². The van der Waals surface area contributed by atoms with Gasteiger partial charge in [0.1, 0.15) is 5.82 Å². The van der Waals surface area contributed by atoms with Crippen LogP contribution in [0.4, 0.5) is 4.39 Å². The molecule has 1 aromatic rings. The van der Waals surface area contributed by atoms with Crippen molar-refractivity contribution in [3.8, 4) is 0 Å². The van der Waals surface area contributed by atoms with Gasteiger partial charge in [0.2, 0.25) is 0 Å². The van der Waals surface area contributed by atoms with E-state index in [0.717, 1.165) is 4.31 Å². The smallest absolute Gasteiger partial charge is 0.282 e. The molecule has 2 rings (SSSR count). The van der Waals surface area contributed by atoms with E-state index in [2.05, 4.69) is 0 Å². The lowest BCUT2D eigenvalue weighted by atomic mass is 10.2. The normalized spacial score (nSPS) is 20.8. The Balaban J connectivity index is 2.17. The van der Waals surface area contributed by atoms with Crippen LogP contribution in [-0.4, -0.2) is 43.2 Å². The van der Waals surface area contributed by atoms with Gasteiger partial charge in [-0.2, -0.15) is 17.0 Å². The van der Waals surface area contributed by atoms with E-state index in [-0.39, 0.29) is 29.7 Å². The maximum Gasteiger partial charge on any atom is 0.282 e. The van der Waals surface area contributed by atoms with Gasteiger partial charge in [0.25, 0.3) is 10.2 Å². The summed E-state index contributed by atoms with van der Waals surface area (Å²) in [5, 5.41) is 0.213. The highest BCUT2D eigenvalue weighted by Gasteiger charge is 2.33. The van der Waals surface area contributed by atoms with Crippen LogP contribution in [0, 0.1) is 5.82 Å². The second-order valence-corrected chi connectivity index (χ2v) is 7.31. The van der Waals surface area contributed by atoms with Gasteiger partial charge in [-0.25, -0.2) is 4.39 Å². The van der Waals surface area contributed by atoms with Gasteiger partial charge >= 0.3 is 0 Å². The number of hydrogen-bond donors (Lipinski definition) is 1. The summed E-state index contributed by atoms with van der Waals surface area (Å²) in [5.41, 5.74) is 5.89. The van der Waals surface area contributed by atoms with Crippen molar-refractivity contribution in [2.24, 2.45) is 5.73 Å². The Bertz CT molecular complexity index is 576. The number of nitrogens with zero attached hydrogens (tertiary/aromatic N) is 2. The molecule has 1 fully saturated rings. The predicted molar refractivity (Wildman–Crippen MR) is 76.0 cm³/mol. The molecule has 20 heavy (non-hydrogen) atoms.